The lowest BCUT2D eigenvalue weighted by molar-refractivity contribution is 1.10. The van der Waals surface area contributed by atoms with E-state index in [0.717, 1.165) is 33.8 Å². The zero-order valence-corrected chi connectivity index (χ0v) is 19.7. The summed E-state index contributed by atoms with van der Waals surface area (Å²) in [6.45, 7) is 0. The van der Waals surface area contributed by atoms with Crippen LogP contribution >= 0.6 is 11.8 Å². The molecule has 0 saturated carbocycles. The second-order valence-electron chi connectivity index (χ2n) is 8.51. The maximum atomic E-state index is 5.02. The predicted molar refractivity (Wildman–Crippen MR) is 145 cm³/mol. The Morgan fingerprint density at radius 3 is 1.83 bits per heavy atom. The Morgan fingerprint density at radius 2 is 1.11 bits per heavy atom. The molecule has 0 amide bonds. The Labute approximate surface area is 208 Å². The lowest BCUT2D eigenvalue weighted by Gasteiger charge is -2.32. The van der Waals surface area contributed by atoms with Gasteiger partial charge in [-0.25, -0.2) is 4.98 Å². The van der Waals surface area contributed by atoms with Crippen molar-refractivity contribution in [3.05, 3.63) is 127 Å². The van der Waals surface area contributed by atoms with E-state index in [2.05, 4.69) is 125 Å². The van der Waals surface area contributed by atoms with Crippen molar-refractivity contribution in [3.8, 4) is 17.1 Å². The molecule has 6 aromatic rings. The number of imidazole rings is 1. The SMILES string of the molecule is c1ccc(-n2c(-c3ccc(N4c5ccccc5Sc5ccccc54)cc3)nc3ccccc32)cc1. The van der Waals surface area contributed by atoms with Gasteiger partial charge in [0.2, 0.25) is 0 Å². The molecule has 7 rings (SSSR count). The zero-order chi connectivity index (χ0) is 23.2. The number of hydrogen-bond donors (Lipinski definition) is 0. The van der Waals surface area contributed by atoms with Gasteiger partial charge in [-0.05, 0) is 72.8 Å². The van der Waals surface area contributed by atoms with E-state index in [1.54, 1.807) is 0 Å². The molecule has 2 heterocycles. The fourth-order valence-electron chi connectivity index (χ4n) is 4.80. The highest BCUT2D eigenvalue weighted by atomic mass is 32.2. The molecule has 0 spiro atoms. The number of hydrogen-bond acceptors (Lipinski definition) is 3. The minimum absolute atomic E-state index is 0.943. The molecule has 0 unspecified atom stereocenters. The Morgan fingerprint density at radius 1 is 0.514 bits per heavy atom. The lowest BCUT2D eigenvalue weighted by atomic mass is 10.1. The number of rotatable bonds is 3. The molecule has 0 saturated heterocycles. The van der Waals surface area contributed by atoms with Crippen molar-refractivity contribution in [2.75, 3.05) is 4.90 Å². The summed E-state index contributed by atoms with van der Waals surface area (Å²) in [5.41, 5.74) is 7.84. The maximum absolute atomic E-state index is 5.02. The van der Waals surface area contributed by atoms with Crippen molar-refractivity contribution in [3.63, 3.8) is 0 Å². The highest BCUT2D eigenvalue weighted by molar-refractivity contribution is 7.99. The molecule has 0 fully saturated rings. The summed E-state index contributed by atoms with van der Waals surface area (Å²) in [4.78, 5) is 9.90. The van der Waals surface area contributed by atoms with Crippen molar-refractivity contribution in [1.82, 2.24) is 9.55 Å². The lowest BCUT2D eigenvalue weighted by Crippen LogP contribution is -2.14. The van der Waals surface area contributed by atoms with Gasteiger partial charge >= 0.3 is 0 Å². The Bertz CT molecular complexity index is 1620. The Hall–Kier alpha value is -4.28. The molecule has 0 atom stereocenters. The first-order valence-corrected chi connectivity index (χ1v) is 12.5. The second kappa shape index (κ2) is 8.19. The van der Waals surface area contributed by atoms with Crippen LogP contribution in [0.2, 0.25) is 0 Å². The summed E-state index contributed by atoms with van der Waals surface area (Å²) in [6.07, 6.45) is 0. The third kappa shape index (κ3) is 3.34. The summed E-state index contributed by atoms with van der Waals surface area (Å²) < 4.78 is 2.24. The number of anilines is 3. The number of fused-ring (bicyclic) bond motifs is 3. The minimum atomic E-state index is 0.943. The van der Waals surface area contributed by atoms with Crippen LogP contribution in [-0.4, -0.2) is 9.55 Å². The molecule has 1 aliphatic rings. The largest absolute Gasteiger partial charge is 0.308 e. The smallest absolute Gasteiger partial charge is 0.145 e. The maximum Gasteiger partial charge on any atom is 0.145 e. The van der Waals surface area contributed by atoms with Crippen molar-refractivity contribution in [2.24, 2.45) is 0 Å². The van der Waals surface area contributed by atoms with E-state index in [9.17, 15) is 0 Å². The zero-order valence-electron chi connectivity index (χ0n) is 18.9. The molecule has 166 valence electrons. The van der Waals surface area contributed by atoms with E-state index >= 15 is 0 Å². The van der Waals surface area contributed by atoms with Gasteiger partial charge in [0.05, 0.1) is 22.4 Å². The van der Waals surface area contributed by atoms with E-state index in [4.69, 9.17) is 4.98 Å². The molecule has 0 radical (unpaired) electrons. The van der Waals surface area contributed by atoms with E-state index in [0.29, 0.717) is 0 Å². The summed E-state index contributed by atoms with van der Waals surface area (Å²) >= 11 is 1.83. The van der Waals surface area contributed by atoms with E-state index in [-0.39, 0.29) is 0 Å². The molecule has 0 aliphatic carbocycles. The van der Waals surface area contributed by atoms with Crippen molar-refractivity contribution < 1.29 is 0 Å². The first kappa shape index (κ1) is 20.1. The Kier molecular flexibility index (Phi) is 4.71. The monoisotopic (exact) mass is 467 g/mol. The van der Waals surface area contributed by atoms with Crippen LogP contribution in [0.5, 0.6) is 0 Å². The van der Waals surface area contributed by atoms with Gasteiger partial charge in [0.15, 0.2) is 0 Å². The number of aromatic nitrogens is 2. The molecule has 4 heteroatoms. The molecule has 0 N–H and O–H groups in total. The van der Waals surface area contributed by atoms with Gasteiger partial charge in [0.25, 0.3) is 0 Å². The van der Waals surface area contributed by atoms with Gasteiger partial charge in [0.1, 0.15) is 5.82 Å². The van der Waals surface area contributed by atoms with E-state index in [1.165, 1.54) is 21.2 Å². The second-order valence-corrected chi connectivity index (χ2v) is 9.60. The van der Waals surface area contributed by atoms with Crippen molar-refractivity contribution >= 4 is 39.9 Å². The van der Waals surface area contributed by atoms with Gasteiger partial charge < -0.3 is 4.90 Å². The Balaban J connectivity index is 1.37. The number of nitrogens with zero attached hydrogens (tertiary/aromatic N) is 3. The van der Waals surface area contributed by atoms with Gasteiger partial charge in [-0.15, -0.1) is 0 Å². The van der Waals surface area contributed by atoms with Gasteiger partial charge in [-0.1, -0.05) is 66.4 Å². The standard InChI is InChI=1S/C31H21N3S/c1-2-10-23(11-3-1)34-26-13-5-4-12-25(26)32-31(34)22-18-20-24(21-19-22)33-27-14-6-8-16-29(27)35-30-17-9-7-15-28(30)33/h1-21H. The van der Waals surface area contributed by atoms with Crippen LogP contribution in [0.1, 0.15) is 0 Å². The molecule has 35 heavy (non-hydrogen) atoms. The van der Waals surface area contributed by atoms with Crippen molar-refractivity contribution in [1.29, 1.82) is 0 Å². The van der Waals surface area contributed by atoms with Crippen LogP contribution < -0.4 is 4.90 Å². The number of benzene rings is 5. The average Bonchev–Trinajstić information content (AvgIpc) is 3.32. The van der Waals surface area contributed by atoms with Gasteiger partial charge in [-0.3, -0.25) is 4.57 Å². The van der Waals surface area contributed by atoms with Gasteiger partial charge in [0, 0.05) is 26.7 Å². The summed E-state index contributed by atoms with van der Waals surface area (Å²) in [7, 11) is 0. The minimum Gasteiger partial charge on any atom is -0.308 e. The first-order chi connectivity index (χ1) is 17.4. The van der Waals surface area contributed by atoms with Crippen molar-refractivity contribution in [2.45, 2.75) is 9.79 Å². The quantitative estimate of drug-likeness (QED) is 0.259. The summed E-state index contributed by atoms with van der Waals surface area (Å²) in [6, 6.07) is 44.7. The third-order valence-electron chi connectivity index (χ3n) is 6.39. The molecular formula is C31H21N3S. The van der Waals surface area contributed by atoms with Crippen LogP contribution in [0.25, 0.3) is 28.1 Å². The van der Waals surface area contributed by atoms with E-state index < -0.39 is 0 Å². The number of para-hydroxylation sites is 5. The normalized spacial score (nSPS) is 12.4. The van der Waals surface area contributed by atoms with Crippen LogP contribution in [0, 0.1) is 0 Å². The predicted octanol–water partition coefficient (Wildman–Crippen LogP) is 8.63. The van der Waals surface area contributed by atoms with Crippen LogP contribution in [0.15, 0.2) is 137 Å². The summed E-state index contributed by atoms with van der Waals surface area (Å²) in [5.74, 6) is 0.943. The van der Waals surface area contributed by atoms with E-state index in [1.807, 2.05) is 23.9 Å². The first-order valence-electron chi connectivity index (χ1n) is 11.7. The summed E-state index contributed by atoms with van der Waals surface area (Å²) in [5, 5.41) is 0. The van der Waals surface area contributed by atoms with Crippen LogP contribution in [0.3, 0.4) is 0 Å². The highest BCUT2D eigenvalue weighted by Gasteiger charge is 2.24. The van der Waals surface area contributed by atoms with Crippen LogP contribution in [0.4, 0.5) is 17.1 Å². The van der Waals surface area contributed by atoms with Crippen LogP contribution in [-0.2, 0) is 0 Å². The molecule has 0 bridgehead atoms. The molecule has 3 nitrogen and oxygen atoms in total. The average molecular weight is 468 g/mol. The topological polar surface area (TPSA) is 21.1 Å². The molecular weight excluding hydrogens is 446 g/mol. The molecule has 1 aliphatic heterocycles. The molecule has 1 aromatic heterocycles. The van der Waals surface area contributed by atoms with Gasteiger partial charge in [-0.2, -0.15) is 0 Å². The fraction of sp³-hybridized carbons (Fsp3) is 0. The highest BCUT2D eigenvalue weighted by Crippen LogP contribution is 2.51. The molecule has 5 aromatic carbocycles. The third-order valence-corrected chi connectivity index (χ3v) is 7.52. The fourth-order valence-corrected chi connectivity index (χ4v) is 5.86.